The summed E-state index contributed by atoms with van der Waals surface area (Å²) in [5, 5.41) is 0. The molecule has 0 saturated heterocycles. The van der Waals surface area contributed by atoms with Gasteiger partial charge in [0, 0.05) is 19.7 Å². The Bertz CT molecular complexity index is 117. The highest BCUT2D eigenvalue weighted by molar-refractivity contribution is 7.80. The summed E-state index contributed by atoms with van der Waals surface area (Å²) in [7, 11) is 3.90. The summed E-state index contributed by atoms with van der Waals surface area (Å²) in [4.78, 5) is 2.34. The van der Waals surface area contributed by atoms with Gasteiger partial charge in [-0.3, -0.25) is 0 Å². The maximum Gasteiger partial charge on any atom is 0.0615 e. The average Bonchev–Trinajstić information content (AvgIpc) is 2.14. The predicted octanol–water partition coefficient (Wildman–Crippen LogP) is 1.91. The quantitative estimate of drug-likeness (QED) is 0.637. The average molecular weight is 205 g/mol. The molecule has 0 rings (SSSR count). The zero-order valence-corrected chi connectivity index (χ0v) is 10.2. The van der Waals surface area contributed by atoms with Crippen LogP contribution in [0.1, 0.15) is 20.3 Å². The van der Waals surface area contributed by atoms with Gasteiger partial charge in [0.05, 0.1) is 6.61 Å². The lowest BCUT2D eigenvalue weighted by molar-refractivity contribution is 0.107. The van der Waals surface area contributed by atoms with E-state index in [-0.39, 0.29) is 0 Å². The second-order valence-electron chi connectivity index (χ2n) is 3.70. The Morgan fingerprint density at radius 3 is 2.46 bits per heavy atom. The third-order valence-corrected chi connectivity index (χ3v) is 3.06. The first-order chi connectivity index (χ1) is 6.15. The maximum absolute atomic E-state index is 5.11. The van der Waals surface area contributed by atoms with Crippen LogP contribution in [0.5, 0.6) is 0 Å². The van der Waals surface area contributed by atoms with Crippen molar-refractivity contribution in [3.63, 3.8) is 0 Å². The van der Waals surface area contributed by atoms with Crippen LogP contribution in [0.2, 0.25) is 0 Å². The molecule has 0 radical (unpaired) electrons. The topological polar surface area (TPSA) is 12.5 Å². The largest absolute Gasteiger partial charge is 0.383 e. The fraction of sp³-hybridized carbons (Fsp3) is 1.00. The maximum atomic E-state index is 5.11. The summed E-state index contributed by atoms with van der Waals surface area (Å²) in [5.74, 6) is 1.67. The smallest absolute Gasteiger partial charge is 0.0615 e. The molecule has 80 valence electrons. The zero-order valence-electron chi connectivity index (χ0n) is 9.29. The number of nitrogens with zero attached hydrogens (tertiary/aromatic N) is 1. The van der Waals surface area contributed by atoms with Gasteiger partial charge >= 0.3 is 0 Å². The summed E-state index contributed by atoms with van der Waals surface area (Å²) in [5.41, 5.74) is 0. The molecule has 0 aromatic heterocycles. The molecule has 0 aromatic carbocycles. The van der Waals surface area contributed by atoms with Crippen molar-refractivity contribution in [2.24, 2.45) is 5.92 Å². The predicted molar refractivity (Wildman–Crippen MR) is 61.6 cm³/mol. The Hall–Kier alpha value is 0.270. The highest BCUT2D eigenvalue weighted by atomic mass is 32.1. The molecule has 0 amide bonds. The van der Waals surface area contributed by atoms with Crippen LogP contribution in [0.25, 0.3) is 0 Å². The minimum Gasteiger partial charge on any atom is -0.383 e. The lowest BCUT2D eigenvalue weighted by Gasteiger charge is -2.27. The van der Waals surface area contributed by atoms with Crippen molar-refractivity contribution in [1.82, 2.24) is 4.90 Å². The molecule has 3 heteroatoms. The first kappa shape index (κ1) is 13.3. The monoisotopic (exact) mass is 205 g/mol. The Kier molecular flexibility index (Phi) is 7.81. The fourth-order valence-corrected chi connectivity index (χ4v) is 1.65. The third kappa shape index (κ3) is 5.55. The summed E-state index contributed by atoms with van der Waals surface area (Å²) in [6.45, 7) is 6.33. The van der Waals surface area contributed by atoms with Crippen LogP contribution in [-0.2, 0) is 4.74 Å². The van der Waals surface area contributed by atoms with Crippen molar-refractivity contribution >= 4 is 12.6 Å². The van der Waals surface area contributed by atoms with Crippen molar-refractivity contribution < 1.29 is 4.74 Å². The molecule has 0 aliphatic carbocycles. The van der Waals surface area contributed by atoms with E-state index < -0.39 is 0 Å². The molecular formula is C10H23NOS. The van der Waals surface area contributed by atoms with E-state index in [0.29, 0.717) is 12.0 Å². The van der Waals surface area contributed by atoms with Gasteiger partial charge in [0.2, 0.25) is 0 Å². The van der Waals surface area contributed by atoms with E-state index in [1.165, 1.54) is 6.42 Å². The molecule has 2 unspecified atom stereocenters. The Balaban J connectivity index is 3.75. The molecule has 0 saturated carbocycles. The van der Waals surface area contributed by atoms with Crippen molar-refractivity contribution in [3.05, 3.63) is 0 Å². The lowest BCUT2D eigenvalue weighted by atomic mass is 10.1. The molecule has 0 aliphatic rings. The minimum atomic E-state index is 0.499. The number of hydrogen-bond donors (Lipinski definition) is 1. The first-order valence-electron chi connectivity index (χ1n) is 4.95. The highest BCUT2D eigenvalue weighted by Gasteiger charge is 2.12. The molecule has 0 spiro atoms. The second-order valence-corrected chi connectivity index (χ2v) is 4.07. The van der Waals surface area contributed by atoms with E-state index >= 15 is 0 Å². The van der Waals surface area contributed by atoms with Crippen LogP contribution in [0.15, 0.2) is 0 Å². The van der Waals surface area contributed by atoms with Gasteiger partial charge in [-0.05, 0) is 25.6 Å². The molecular weight excluding hydrogens is 182 g/mol. The van der Waals surface area contributed by atoms with Gasteiger partial charge in [0.25, 0.3) is 0 Å². The van der Waals surface area contributed by atoms with Gasteiger partial charge in [0.1, 0.15) is 0 Å². The molecule has 0 bridgehead atoms. The minimum absolute atomic E-state index is 0.499. The Morgan fingerprint density at radius 1 is 1.46 bits per heavy atom. The Labute approximate surface area is 88.1 Å². The molecule has 0 fully saturated rings. The molecule has 2 atom stereocenters. The normalized spacial score (nSPS) is 16.2. The molecule has 0 N–H and O–H groups in total. The van der Waals surface area contributed by atoms with Gasteiger partial charge in [-0.1, -0.05) is 13.3 Å². The van der Waals surface area contributed by atoms with E-state index in [1.807, 2.05) is 0 Å². The molecule has 0 heterocycles. The van der Waals surface area contributed by atoms with Crippen molar-refractivity contribution in [2.75, 3.05) is 33.1 Å². The van der Waals surface area contributed by atoms with E-state index in [1.54, 1.807) is 7.11 Å². The molecule has 13 heavy (non-hydrogen) atoms. The van der Waals surface area contributed by atoms with Crippen molar-refractivity contribution in [2.45, 2.75) is 26.3 Å². The van der Waals surface area contributed by atoms with Gasteiger partial charge in [-0.15, -0.1) is 0 Å². The molecule has 2 nitrogen and oxygen atoms in total. The summed E-state index contributed by atoms with van der Waals surface area (Å²) < 4.78 is 5.11. The van der Waals surface area contributed by atoms with E-state index in [4.69, 9.17) is 4.74 Å². The number of methoxy groups -OCH3 is 1. The van der Waals surface area contributed by atoms with Crippen LogP contribution in [0, 0.1) is 5.92 Å². The van der Waals surface area contributed by atoms with Crippen LogP contribution < -0.4 is 0 Å². The molecule has 0 aromatic rings. The summed E-state index contributed by atoms with van der Waals surface area (Å²) in [6, 6.07) is 0.499. The Morgan fingerprint density at radius 2 is 2.08 bits per heavy atom. The van der Waals surface area contributed by atoms with Gasteiger partial charge < -0.3 is 9.64 Å². The van der Waals surface area contributed by atoms with Crippen LogP contribution in [0.4, 0.5) is 0 Å². The lowest BCUT2D eigenvalue weighted by Crippen LogP contribution is -2.36. The first-order valence-corrected chi connectivity index (χ1v) is 5.58. The second kappa shape index (κ2) is 7.65. The number of thiol groups is 1. The number of likely N-dealkylation sites (N-methyl/N-ethyl adjacent to an activating group) is 1. The molecule has 0 aliphatic heterocycles. The van der Waals surface area contributed by atoms with Gasteiger partial charge in [0.15, 0.2) is 0 Å². The standard InChI is InChI=1S/C10H23NOS/c1-5-10(8-13)6-11(3)9(2)7-12-4/h9-10,13H,5-8H2,1-4H3. The third-order valence-electron chi connectivity index (χ3n) is 2.54. The fourth-order valence-electron chi connectivity index (χ4n) is 1.27. The summed E-state index contributed by atoms with van der Waals surface area (Å²) >= 11 is 4.33. The zero-order chi connectivity index (χ0) is 10.3. The van der Waals surface area contributed by atoms with Crippen LogP contribution in [0.3, 0.4) is 0 Å². The van der Waals surface area contributed by atoms with Crippen molar-refractivity contribution in [3.8, 4) is 0 Å². The number of rotatable bonds is 7. The summed E-state index contributed by atoms with van der Waals surface area (Å²) in [6.07, 6.45) is 1.20. The van der Waals surface area contributed by atoms with Gasteiger partial charge in [-0.25, -0.2) is 0 Å². The van der Waals surface area contributed by atoms with E-state index in [0.717, 1.165) is 18.9 Å². The number of ether oxygens (including phenoxy) is 1. The van der Waals surface area contributed by atoms with Gasteiger partial charge in [-0.2, -0.15) is 12.6 Å². The highest BCUT2D eigenvalue weighted by Crippen LogP contribution is 2.08. The van der Waals surface area contributed by atoms with Crippen molar-refractivity contribution in [1.29, 1.82) is 0 Å². The number of hydrogen-bond acceptors (Lipinski definition) is 3. The van der Waals surface area contributed by atoms with Crippen LogP contribution >= 0.6 is 12.6 Å². The SMILES string of the molecule is CCC(CS)CN(C)C(C)COC. The van der Waals surface area contributed by atoms with E-state index in [9.17, 15) is 0 Å². The van der Waals surface area contributed by atoms with E-state index in [2.05, 4.69) is 38.4 Å². The van der Waals surface area contributed by atoms with Crippen LogP contribution in [-0.4, -0.2) is 44.0 Å².